The van der Waals surface area contributed by atoms with Crippen LogP contribution in [0.1, 0.15) is 5.56 Å². The predicted molar refractivity (Wildman–Crippen MR) is 80.7 cm³/mol. The molecule has 1 aliphatic rings. The fourth-order valence-electron chi connectivity index (χ4n) is 1.57. The molecule has 0 saturated carbocycles. The van der Waals surface area contributed by atoms with E-state index in [-0.39, 0.29) is 23.2 Å². The second kappa shape index (κ2) is 6.66. The fraction of sp³-hybridized carbons (Fsp3) is 0.167. The van der Waals surface area contributed by atoms with Crippen molar-refractivity contribution in [3.63, 3.8) is 0 Å². The molecule has 0 aromatic heterocycles. The number of fused-ring (bicyclic) bond motifs is 1. The van der Waals surface area contributed by atoms with Crippen LogP contribution in [-0.2, 0) is 0 Å². The SMILES string of the molecule is C=CCNC(=S)NN=Cc1cc2c(cc1[N+](=O)[O-])OCO2. The molecular weight excluding hydrogens is 296 g/mol. The number of nitrogens with zero attached hydrogens (tertiary/aromatic N) is 2. The summed E-state index contributed by atoms with van der Waals surface area (Å²) >= 11 is 4.94. The van der Waals surface area contributed by atoms with Gasteiger partial charge in [-0.15, -0.1) is 6.58 Å². The Morgan fingerprint density at radius 1 is 1.52 bits per heavy atom. The Bertz CT molecular complexity index is 618. The summed E-state index contributed by atoms with van der Waals surface area (Å²) in [5, 5.41) is 18.0. The molecule has 1 aromatic carbocycles. The molecule has 0 amide bonds. The highest BCUT2D eigenvalue weighted by molar-refractivity contribution is 7.80. The second-order valence-corrected chi connectivity index (χ2v) is 4.30. The Hall–Kier alpha value is -2.68. The van der Waals surface area contributed by atoms with Gasteiger partial charge in [0.15, 0.2) is 16.6 Å². The maximum Gasteiger partial charge on any atom is 0.282 e. The lowest BCUT2D eigenvalue weighted by Gasteiger charge is -2.04. The lowest BCUT2D eigenvalue weighted by Crippen LogP contribution is -2.31. The minimum absolute atomic E-state index is 0.0426. The first-order valence-corrected chi connectivity index (χ1v) is 6.28. The highest BCUT2D eigenvalue weighted by Crippen LogP contribution is 2.37. The monoisotopic (exact) mass is 308 g/mol. The van der Waals surface area contributed by atoms with Gasteiger partial charge in [0.1, 0.15) is 0 Å². The van der Waals surface area contributed by atoms with Crippen LogP contribution < -0.4 is 20.2 Å². The number of hydrogen-bond donors (Lipinski definition) is 2. The number of benzene rings is 1. The van der Waals surface area contributed by atoms with Crippen molar-refractivity contribution in [3.05, 3.63) is 40.5 Å². The molecule has 0 atom stereocenters. The van der Waals surface area contributed by atoms with Gasteiger partial charge in [-0.05, 0) is 18.3 Å². The molecule has 1 aromatic rings. The van der Waals surface area contributed by atoms with Gasteiger partial charge in [-0.1, -0.05) is 6.08 Å². The van der Waals surface area contributed by atoms with Crippen molar-refractivity contribution < 1.29 is 14.4 Å². The summed E-state index contributed by atoms with van der Waals surface area (Å²) < 4.78 is 10.3. The Morgan fingerprint density at radius 2 is 2.24 bits per heavy atom. The molecule has 8 nitrogen and oxygen atoms in total. The van der Waals surface area contributed by atoms with Crippen LogP contribution in [0.2, 0.25) is 0 Å². The van der Waals surface area contributed by atoms with Crippen molar-refractivity contribution in [2.75, 3.05) is 13.3 Å². The summed E-state index contributed by atoms with van der Waals surface area (Å²) in [7, 11) is 0. The summed E-state index contributed by atoms with van der Waals surface area (Å²) in [5.74, 6) is 0.782. The maximum atomic E-state index is 11.0. The lowest BCUT2D eigenvalue weighted by atomic mass is 10.1. The van der Waals surface area contributed by atoms with E-state index in [1.807, 2.05) is 0 Å². The molecule has 0 radical (unpaired) electrons. The summed E-state index contributed by atoms with van der Waals surface area (Å²) in [6.45, 7) is 4.07. The molecule has 0 spiro atoms. The predicted octanol–water partition coefficient (Wildman–Crippen LogP) is 1.31. The molecule has 110 valence electrons. The first-order valence-electron chi connectivity index (χ1n) is 5.87. The van der Waals surface area contributed by atoms with E-state index in [0.717, 1.165) is 0 Å². The first kappa shape index (κ1) is 14.7. The van der Waals surface area contributed by atoms with E-state index >= 15 is 0 Å². The standard InChI is InChI=1S/C12H12N4O4S/c1-2-3-13-12(21)15-14-6-8-4-10-11(20-7-19-10)5-9(8)16(17)18/h2,4-6H,1,3,7H2,(H2,13,15,21). The topological polar surface area (TPSA) is 98.0 Å². The number of nitro benzene ring substituents is 1. The van der Waals surface area contributed by atoms with Crippen molar-refractivity contribution in [2.24, 2.45) is 5.10 Å². The van der Waals surface area contributed by atoms with Gasteiger partial charge < -0.3 is 14.8 Å². The van der Waals surface area contributed by atoms with E-state index in [0.29, 0.717) is 18.0 Å². The zero-order valence-corrected chi connectivity index (χ0v) is 11.7. The van der Waals surface area contributed by atoms with Crippen molar-refractivity contribution in [2.45, 2.75) is 0 Å². The Labute approximate surface area is 125 Å². The maximum absolute atomic E-state index is 11.0. The highest BCUT2D eigenvalue weighted by Gasteiger charge is 2.22. The zero-order chi connectivity index (χ0) is 15.2. The molecule has 2 N–H and O–H groups in total. The van der Waals surface area contributed by atoms with Gasteiger partial charge in [0.2, 0.25) is 6.79 Å². The van der Waals surface area contributed by atoms with Gasteiger partial charge in [0.05, 0.1) is 22.8 Å². The van der Waals surface area contributed by atoms with E-state index in [2.05, 4.69) is 22.4 Å². The molecule has 2 rings (SSSR count). The number of hydrogen-bond acceptors (Lipinski definition) is 6. The van der Waals surface area contributed by atoms with Crippen LogP contribution >= 0.6 is 12.2 Å². The van der Waals surface area contributed by atoms with Crippen molar-refractivity contribution in [1.82, 2.24) is 10.7 Å². The molecule has 21 heavy (non-hydrogen) atoms. The largest absolute Gasteiger partial charge is 0.454 e. The molecule has 0 unspecified atom stereocenters. The molecule has 0 bridgehead atoms. The van der Waals surface area contributed by atoms with Crippen LogP contribution in [0.3, 0.4) is 0 Å². The number of thiocarbonyl (C=S) groups is 1. The van der Waals surface area contributed by atoms with Gasteiger partial charge in [0, 0.05) is 6.54 Å². The third-order valence-electron chi connectivity index (χ3n) is 2.50. The Morgan fingerprint density at radius 3 is 2.90 bits per heavy atom. The molecule has 1 aliphatic heterocycles. The third kappa shape index (κ3) is 3.66. The van der Waals surface area contributed by atoms with Crippen LogP contribution in [0, 0.1) is 10.1 Å². The van der Waals surface area contributed by atoms with Crippen LogP contribution in [0.15, 0.2) is 29.9 Å². The van der Waals surface area contributed by atoms with Crippen molar-refractivity contribution in [1.29, 1.82) is 0 Å². The lowest BCUT2D eigenvalue weighted by molar-refractivity contribution is -0.385. The minimum atomic E-state index is -0.516. The van der Waals surface area contributed by atoms with E-state index in [4.69, 9.17) is 21.7 Å². The molecule has 0 saturated heterocycles. The number of rotatable bonds is 5. The van der Waals surface area contributed by atoms with E-state index in [1.54, 1.807) is 6.08 Å². The minimum Gasteiger partial charge on any atom is -0.454 e. The summed E-state index contributed by atoms with van der Waals surface area (Å²) in [6.07, 6.45) is 2.93. The number of nitro groups is 1. The summed E-state index contributed by atoms with van der Waals surface area (Å²) in [6, 6.07) is 2.80. The normalized spacial score (nSPS) is 12.2. The first-order chi connectivity index (χ1) is 10.1. The highest BCUT2D eigenvalue weighted by atomic mass is 32.1. The Kier molecular flexibility index (Phi) is 4.67. The summed E-state index contributed by atoms with van der Waals surface area (Å²) in [5.41, 5.74) is 2.70. The van der Waals surface area contributed by atoms with Gasteiger partial charge in [-0.25, -0.2) is 0 Å². The van der Waals surface area contributed by atoms with E-state index < -0.39 is 4.92 Å². The molecular formula is C12H12N4O4S. The molecule has 0 aliphatic carbocycles. The molecule has 1 heterocycles. The van der Waals surface area contributed by atoms with Gasteiger partial charge >= 0.3 is 0 Å². The number of nitrogens with one attached hydrogen (secondary N) is 2. The van der Waals surface area contributed by atoms with Crippen LogP contribution in [0.4, 0.5) is 5.69 Å². The van der Waals surface area contributed by atoms with Crippen molar-refractivity contribution in [3.8, 4) is 11.5 Å². The van der Waals surface area contributed by atoms with E-state index in [1.165, 1.54) is 18.3 Å². The third-order valence-corrected chi connectivity index (χ3v) is 2.73. The number of ether oxygens (including phenoxy) is 2. The summed E-state index contributed by atoms with van der Waals surface area (Å²) in [4.78, 5) is 10.5. The molecule has 0 fully saturated rings. The van der Waals surface area contributed by atoms with Crippen LogP contribution in [0.5, 0.6) is 11.5 Å². The fourth-order valence-corrected chi connectivity index (χ4v) is 1.71. The van der Waals surface area contributed by atoms with Gasteiger partial charge in [-0.3, -0.25) is 15.5 Å². The van der Waals surface area contributed by atoms with Gasteiger partial charge in [0.25, 0.3) is 5.69 Å². The average Bonchev–Trinajstić information content (AvgIpc) is 2.91. The van der Waals surface area contributed by atoms with Crippen LogP contribution in [-0.4, -0.2) is 29.6 Å². The van der Waals surface area contributed by atoms with Gasteiger partial charge in [-0.2, -0.15) is 5.10 Å². The smallest absolute Gasteiger partial charge is 0.282 e. The quantitative estimate of drug-likeness (QED) is 0.278. The average molecular weight is 308 g/mol. The zero-order valence-electron chi connectivity index (χ0n) is 10.9. The van der Waals surface area contributed by atoms with E-state index in [9.17, 15) is 10.1 Å². The Balaban J connectivity index is 2.13. The van der Waals surface area contributed by atoms with Crippen LogP contribution in [0.25, 0.3) is 0 Å². The van der Waals surface area contributed by atoms with Crippen molar-refractivity contribution >= 4 is 29.2 Å². The molecule has 9 heteroatoms. The second-order valence-electron chi connectivity index (χ2n) is 3.89. The number of hydrazone groups is 1.